The Balaban J connectivity index is 1.48. The number of carbonyl (C=O) groups excluding carboxylic acids is 2. The van der Waals surface area contributed by atoms with Crippen molar-refractivity contribution in [2.24, 2.45) is 0 Å². The molecular weight excluding hydrogens is 368 g/mol. The molecule has 3 rings (SSSR count). The normalized spacial score (nSPS) is 10.4. The van der Waals surface area contributed by atoms with Crippen LogP contribution in [0.5, 0.6) is 0 Å². The van der Waals surface area contributed by atoms with E-state index in [-0.39, 0.29) is 12.0 Å². The molecule has 0 saturated heterocycles. The van der Waals surface area contributed by atoms with Gasteiger partial charge in [-0.15, -0.1) is 0 Å². The molecule has 7 nitrogen and oxygen atoms in total. The number of methoxy groups -OCH3 is 1. The maximum atomic E-state index is 12.4. The van der Waals surface area contributed by atoms with Crippen molar-refractivity contribution in [1.82, 2.24) is 20.0 Å². The van der Waals surface area contributed by atoms with Crippen LogP contribution in [0.3, 0.4) is 0 Å². The molecule has 0 fully saturated rings. The van der Waals surface area contributed by atoms with Gasteiger partial charge in [-0.25, -0.2) is 9.59 Å². The lowest BCUT2D eigenvalue weighted by molar-refractivity contribution is 0.0600. The third kappa shape index (κ3) is 5.68. The Kier molecular flexibility index (Phi) is 6.63. The SMILES string of the molecule is COC(=O)c1ccc(CN(C)C(=O)NCc2cnn(Cc3ccccc3)c2)cc1. The number of nitrogens with one attached hydrogen (secondary N) is 1. The topological polar surface area (TPSA) is 76.5 Å². The largest absolute Gasteiger partial charge is 0.465 e. The summed E-state index contributed by atoms with van der Waals surface area (Å²) in [5, 5.41) is 7.24. The van der Waals surface area contributed by atoms with Gasteiger partial charge in [-0.3, -0.25) is 4.68 Å². The van der Waals surface area contributed by atoms with Gasteiger partial charge in [0.1, 0.15) is 0 Å². The number of esters is 1. The van der Waals surface area contributed by atoms with Gasteiger partial charge in [0.05, 0.1) is 25.4 Å². The third-order valence-corrected chi connectivity index (χ3v) is 4.46. The quantitative estimate of drug-likeness (QED) is 0.627. The number of rotatable bonds is 7. The summed E-state index contributed by atoms with van der Waals surface area (Å²) in [4.78, 5) is 25.4. The monoisotopic (exact) mass is 392 g/mol. The van der Waals surface area contributed by atoms with E-state index < -0.39 is 0 Å². The van der Waals surface area contributed by atoms with E-state index in [9.17, 15) is 9.59 Å². The van der Waals surface area contributed by atoms with E-state index in [0.29, 0.717) is 25.2 Å². The van der Waals surface area contributed by atoms with Crippen molar-refractivity contribution in [2.75, 3.05) is 14.2 Å². The van der Waals surface area contributed by atoms with Crippen molar-refractivity contribution in [1.29, 1.82) is 0 Å². The van der Waals surface area contributed by atoms with Crippen molar-refractivity contribution < 1.29 is 14.3 Å². The van der Waals surface area contributed by atoms with Crippen LogP contribution in [-0.4, -0.2) is 40.8 Å². The number of hydrogen-bond acceptors (Lipinski definition) is 4. The second kappa shape index (κ2) is 9.54. The number of ether oxygens (including phenoxy) is 1. The molecule has 0 spiro atoms. The highest BCUT2D eigenvalue weighted by atomic mass is 16.5. The molecule has 0 bridgehead atoms. The van der Waals surface area contributed by atoms with E-state index in [1.807, 2.05) is 41.2 Å². The summed E-state index contributed by atoms with van der Waals surface area (Å²) in [7, 11) is 3.07. The van der Waals surface area contributed by atoms with E-state index in [1.54, 1.807) is 30.3 Å². The van der Waals surface area contributed by atoms with Crippen molar-refractivity contribution in [3.8, 4) is 0 Å². The summed E-state index contributed by atoms with van der Waals surface area (Å²) in [6, 6.07) is 16.9. The predicted octanol–water partition coefficient (Wildman–Crippen LogP) is 3.06. The number of benzene rings is 2. The Morgan fingerprint density at radius 2 is 1.76 bits per heavy atom. The van der Waals surface area contributed by atoms with Gasteiger partial charge in [0.2, 0.25) is 0 Å². The zero-order valence-corrected chi connectivity index (χ0v) is 16.5. The summed E-state index contributed by atoms with van der Waals surface area (Å²) >= 11 is 0. The molecule has 29 heavy (non-hydrogen) atoms. The molecule has 1 heterocycles. The van der Waals surface area contributed by atoms with Crippen molar-refractivity contribution >= 4 is 12.0 Å². The van der Waals surface area contributed by atoms with Crippen LogP contribution < -0.4 is 5.32 Å². The molecule has 3 aromatic rings. The fraction of sp³-hybridized carbons (Fsp3) is 0.227. The first-order valence-electron chi connectivity index (χ1n) is 9.26. The Bertz CT molecular complexity index is 952. The Morgan fingerprint density at radius 1 is 1.03 bits per heavy atom. The highest BCUT2D eigenvalue weighted by Crippen LogP contribution is 2.09. The number of hydrogen-bond donors (Lipinski definition) is 1. The van der Waals surface area contributed by atoms with E-state index >= 15 is 0 Å². The van der Waals surface area contributed by atoms with E-state index in [1.165, 1.54) is 12.7 Å². The molecule has 2 aromatic carbocycles. The number of amides is 2. The second-order valence-electron chi connectivity index (χ2n) is 6.74. The number of aromatic nitrogens is 2. The molecule has 1 N–H and O–H groups in total. The highest BCUT2D eigenvalue weighted by Gasteiger charge is 2.11. The minimum absolute atomic E-state index is 0.183. The first-order chi connectivity index (χ1) is 14.0. The zero-order chi connectivity index (χ0) is 20.6. The fourth-order valence-corrected chi connectivity index (χ4v) is 2.88. The molecule has 2 amide bonds. The average Bonchev–Trinajstić information content (AvgIpc) is 3.20. The lowest BCUT2D eigenvalue weighted by Gasteiger charge is -2.18. The smallest absolute Gasteiger partial charge is 0.337 e. The molecule has 0 aliphatic rings. The number of urea groups is 1. The van der Waals surface area contributed by atoms with Crippen LogP contribution in [0, 0.1) is 0 Å². The van der Waals surface area contributed by atoms with Gasteiger partial charge >= 0.3 is 12.0 Å². The molecule has 0 aliphatic carbocycles. The predicted molar refractivity (Wildman–Crippen MR) is 109 cm³/mol. The first-order valence-corrected chi connectivity index (χ1v) is 9.26. The van der Waals surface area contributed by atoms with Crippen molar-refractivity contribution in [3.05, 3.63) is 89.2 Å². The first kappa shape index (κ1) is 20.1. The summed E-state index contributed by atoms with van der Waals surface area (Å²) in [6.07, 6.45) is 3.69. The maximum absolute atomic E-state index is 12.4. The third-order valence-electron chi connectivity index (χ3n) is 4.46. The van der Waals surface area contributed by atoms with Crippen LogP contribution in [0.25, 0.3) is 0 Å². The lowest BCUT2D eigenvalue weighted by Crippen LogP contribution is -2.36. The Morgan fingerprint density at radius 3 is 2.45 bits per heavy atom. The van der Waals surface area contributed by atoms with Crippen LogP contribution in [-0.2, 0) is 24.4 Å². The van der Waals surface area contributed by atoms with Gasteiger partial charge in [0, 0.05) is 31.9 Å². The highest BCUT2D eigenvalue weighted by molar-refractivity contribution is 5.89. The molecule has 1 aromatic heterocycles. The lowest BCUT2D eigenvalue weighted by atomic mass is 10.1. The van der Waals surface area contributed by atoms with Gasteiger partial charge in [0.15, 0.2) is 0 Å². The molecule has 0 saturated carbocycles. The van der Waals surface area contributed by atoms with Gasteiger partial charge in [-0.1, -0.05) is 42.5 Å². The van der Waals surface area contributed by atoms with Crippen LogP contribution in [0.1, 0.15) is 27.0 Å². The number of nitrogens with zero attached hydrogens (tertiary/aromatic N) is 3. The molecule has 0 atom stereocenters. The van der Waals surface area contributed by atoms with E-state index in [2.05, 4.69) is 27.3 Å². The summed E-state index contributed by atoms with van der Waals surface area (Å²) < 4.78 is 6.53. The molecule has 7 heteroatoms. The fourth-order valence-electron chi connectivity index (χ4n) is 2.88. The Hall–Kier alpha value is -3.61. The number of carbonyl (C=O) groups is 2. The minimum Gasteiger partial charge on any atom is -0.465 e. The standard InChI is InChI=1S/C22H24N4O3/c1-25(14-18-8-10-20(11-9-18)21(27)29-2)22(28)23-12-19-13-24-26(16-19)15-17-6-4-3-5-7-17/h3-11,13,16H,12,14-15H2,1-2H3,(H,23,28). The van der Waals surface area contributed by atoms with Crippen molar-refractivity contribution in [2.45, 2.75) is 19.6 Å². The molecule has 150 valence electrons. The maximum Gasteiger partial charge on any atom is 0.337 e. The summed E-state index contributed by atoms with van der Waals surface area (Å²) in [5.41, 5.74) is 3.51. The van der Waals surface area contributed by atoms with Gasteiger partial charge < -0.3 is 15.0 Å². The zero-order valence-electron chi connectivity index (χ0n) is 16.5. The van der Waals surface area contributed by atoms with E-state index in [4.69, 9.17) is 0 Å². The van der Waals surface area contributed by atoms with Gasteiger partial charge in [0.25, 0.3) is 0 Å². The molecule has 0 aliphatic heterocycles. The molecule has 0 unspecified atom stereocenters. The van der Waals surface area contributed by atoms with Crippen LogP contribution >= 0.6 is 0 Å². The van der Waals surface area contributed by atoms with Gasteiger partial charge in [-0.2, -0.15) is 5.10 Å². The molecular formula is C22H24N4O3. The minimum atomic E-state index is -0.379. The van der Waals surface area contributed by atoms with Crippen LogP contribution in [0.2, 0.25) is 0 Å². The summed E-state index contributed by atoms with van der Waals surface area (Å²) in [6.45, 7) is 1.52. The Labute approximate surface area is 169 Å². The van der Waals surface area contributed by atoms with Gasteiger partial charge in [-0.05, 0) is 23.3 Å². The summed E-state index contributed by atoms with van der Waals surface area (Å²) in [5.74, 6) is -0.379. The van der Waals surface area contributed by atoms with Crippen molar-refractivity contribution in [3.63, 3.8) is 0 Å². The second-order valence-corrected chi connectivity index (χ2v) is 6.74. The van der Waals surface area contributed by atoms with E-state index in [0.717, 1.165) is 11.1 Å². The van der Waals surface area contributed by atoms with Crippen LogP contribution in [0.15, 0.2) is 67.0 Å². The van der Waals surface area contributed by atoms with Crippen LogP contribution in [0.4, 0.5) is 4.79 Å². The average molecular weight is 392 g/mol. The molecule has 0 radical (unpaired) electrons.